The summed E-state index contributed by atoms with van der Waals surface area (Å²) in [4.78, 5) is 6.86. The Balaban J connectivity index is 1.68. The van der Waals surface area contributed by atoms with Crippen LogP contribution in [0.3, 0.4) is 0 Å². The Morgan fingerprint density at radius 3 is 2.72 bits per heavy atom. The number of hydrogen-bond donors (Lipinski definition) is 1. The summed E-state index contributed by atoms with van der Waals surface area (Å²) in [6.45, 7) is 1.91. The second-order valence-electron chi connectivity index (χ2n) is 5.72. The molecule has 0 amide bonds. The highest BCUT2D eigenvalue weighted by molar-refractivity contribution is 5.92. The number of nitrogens with two attached hydrogens (primary N) is 1. The van der Waals surface area contributed by atoms with Crippen molar-refractivity contribution in [2.75, 3.05) is 18.0 Å². The quantitative estimate of drug-likeness (QED) is 0.873. The number of aromatic nitrogens is 1. The normalized spacial score (nSPS) is 21.9. The van der Waals surface area contributed by atoms with Gasteiger partial charge in [-0.3, -0.25) is 0 Å². The van der Waals surface area contributed by atoms with Crippen LogP contribution in [-0.4, -0.2) is 23.6 Å². The maximum absolute atomic E-state index is 6.41. The molecule has 2 heterocycles. The lowest BCUT2D eigenvalue weighted by molar-refractivity contribution is 0.290. The molecule has 1 aliphatic carbocycles. The van der Waals surface area contributed by atoms with Crippen molar-refractivity contribution in [2.24, 2.45) is 11.7 Å². The molecule has 0 bridgehead atoms. The lowest BCUT2D eigenvalue weighted by atomic mass is 9.85. The van der Waals surface area contributed by atoms with E-state index in [4.69, 9.17) is 5.73 Å². The molecular weight excluding hydrogens is 222 g/mol. The molecule has 92 valence electrons. The van der Waals surface area contributed by atoms with Crippen LogP contribution in [0.1, 0.15) is 12.8 Å². The molecule has 0 spiro atoms. The van der Waals surface area contributed by atoms with Gasteiger partial charge in [-0.1, -0.05) is 24.3 Å². The monoisotopic (exact) mass is 239 g/mol. The zero-order valence-corrected chi connectivity index (χ0v) is 10.3. The molecule has 4 rings (SSSR count). The number of hydrogen-bond acceptors (Lipinski definition) is 3. The minimum Gasteiger partial charge on any atom is -0.352 e. The standard InChI is InChI=1S/C15H17N3/c16-15(12-5-6-12)9-18(10-15)14-13-4-2-1-3-11(13)7-8-17-14/h1-4,7-8,12H,5-6,9-10,16H2. The van der Waals surface area contributed by atoms with E-state index in [0.29, 0.717) is 0 Å². The van der Waals surface area contributed by atoms with E-state index in [0.717, 1.165) is 24.8 Å². The summed E-state index contributed by atoms with van der Waals surface area (Å²) in [5, 5.41) is 2.49. The Labute approximate surface area is 107 Å². The molecule has 1 aromatic heterocycles. The molecule has 1 aromatic carbocycles. The van der Waals surface area contributed by atoms with Crippen LogP contribution in [0.5, 0.6) is 0 Å². The SMILES string of the molecule is NC1(C2CC2)CN(c2nccc3ccccc23)C1. The first-order chi connectivity index (χ1) is 8.76. The largest absolute Gasteiger partial charge is 0.352 e. The Kier molecular flexibility index (Phi) is 1.98. The summed E-state index contributed by atoms with van der Waals surface area (Å²) < 4.78 is 0. The van der Waals surface area contributed by atoms with E-state index in [1.165, 1.54) is 23.6 Å². The van der Waals surface area contributed by atoms with Crippen molar-refractivity contribution < 1.29 is 0 Å². The Morgan fingerprint density at radius 1 is 1.17 bits per heavy atom. The molecule has 0 atom stereocenters. The van der Waals surface area contributed by atoms with Crippen LogP contribution in [0.2, 0.25) is 0 Å². The van der Waals surface area contributed by atoms with Crippen molar-refractivity contribution in [1.29, 1.82) is 0 Å². The van der Waals surface area contributed by atoms with Crippen LogP contribution in [0.25, 0.3) is 10.8 Å². The average molecular weight is 239 g/mol. The fourth-order valence-electron chi connectivity index (χ4n) is 3.09. The summed E-state index contributed by atoms with van der Waals surface area (Å²) in [6.07, 6.45) is 4.52. The third-order valence-electron chi connectivity index (χ3n) is 4.31. The maximum atomic E-state index is 6.41. The molecule has 2 fully saturated rings. The first-order valence-corrected chi connectivity index (χ1v) is 6.64. The van der Waals surface area contributed by atoms with Crippen molar-refractivity contribution in [3.8, 4) is 0 Å². The van der Waals surface area contributed by atoms with E-state index >= 15 is 0 Å². The molecule has 1 saturated heterocycles. The fourth-order valence-corrected chi connectivity index (χ4v) is 3.09. The molecule has 2 aliphatic rings. The molecule has 0 radical (unpaired) electrons. The van der Waals surface area contributed by atoms with Crippen molar-refractivity contribution in [1.82, 2.24) is 4.98 Å². The summed E-state index contributed by atoms with van der Waals surface area (Å²) in [6, 6.07) is 10.5. The van der Waals surface area contributed by atoms with Crippen LogP contribution >= 0.6 is 0 Å². The number of pyridine rings is 1. The van der Waals surface area contributed by atoms with Gasteiger partial charge in [0.1, 0.15) is 5.82 Å². The number of fused-ring (bicyclic) bond motifs is 1. The maximum Gasteiger partial charge on any atom is 0.136 e. The van der Waals surface area contributed by atoms with Gasteiger partial charge in [-0.05, 0) is 30.2 Å². The van der Waals surface area contributed by atoms with Gasteiger partial charge in [-0.25, -0.2) is 4.98 Å². The molecule has 18 heavy (non-hydrogen) atoms. The van der Waals surface area contributed by atoms with Gasteiger partial charge in [0.15, 0.2) is 0 Å². The van der Waals surface area contributed by atoms with Crippen molar-refractivity contribution in [3.05, 3.63) is 36.5 Å². The van der Waals surface area contributed by atoms with Gasteiger partial charge < -0.3 is 10.6 Å². The predicted molar refractivity (Wildman–Crippen MR) is 73.6 cm³/mol. The van der Waals surface area contributed by atoms with E-state index in [9.17, 15) is 0 Å². The lowest BCUT2D eigenvalue weighted by Gasteiger charge is -2.49. The third-order valence-corrected chi connectivity index (χ3v) is 4.31. The zero-order valence-electron chi connectivity index (χ0n) is 10.3. The third kappa shape index (κ3) is 1.44. The molecule has 0 unspecified atom stereocenters. The smallest absolute Gasteiger partial charge is 0.136 e. The lowest BCUT2D eigenvalue weighted by Crippen LogP contribution is -2.69. The zero-order chi connectivity index (χ0) is 12.2. The number of benzene rings is 1. The van der Waals surface area contributed by atoms with Crippen LogP contribution in [0, 0.1) is 5.92 Å². The summed E-state index contributed by atoms with van der Waals surface area (Å²) >= 11 is 0. The highest BCUT2D eigenvalue weighted by Crippen LogP contribution is 2.44. The van der Waals surface area contributed by atoms with E-state index in [2.05, 4.69) is 40.2 Å². The average Bonchev–Trinajstić information content (AvgIpc) is 3.19. The van der Waals surface area contributed by atoms with Crippen LogP contribution in [0.15, 0.2) is 36.5 Å². The van der Waals surface area contributed by atoms with Crippen molar-refractivity contribution >= 4 is 16.6 Å². The highest BCUT2D eigenvalue weighted by atomic mass is 15.3. The van der Waals surface area contributed by atoms with Crippen LogP contribution in [-0.2, 0) is 0 Å². The summed E-state index contributed by atoms with van der Waals surface area (Å²) in [7, 11) is 0. The molecule has 1 aliphatic heterocycles. The molecule has 2 N–H and O–H groups in total. The van der Waals surface area contributed by atoms with Gasteiger partial charge in [0, 0.05) is 24.7 Å². The van der Waals surface area contributed by atoms with Gasteiger partial charge in [0.2, 0.25) is 0 Å². The Hall–Kier alpha value is -1.61. The van der Waals surface area contributed by atoms with E-state index in [1.54, 1.807) is 0 Å². The summed E-state index contributed by atoms with van der Waals surface area (Å²) in [5.74, 6) is 1.85. The van der Waals surface area contributed by atoms with Gasteiger partial charge >= 0.3 is 0 Å². The van der Waals surface area contributed by atoms with Crippen molar-refractivity contribution in [2.45, 2.75) is 18.4 Å². The second-order valence-corrected chi connectivity index (χ2v) is 5.72. The van der Waals surface area contributed by atoms with Gasteiger partial charge in [0.25, 0.3) is 0 Å². The van der Waals surface area contributed by atoms with Crippen LogP contribution < -0.4 is 10.6 Å². The molecule has 1 saturated carbocycles. The van der Waals surface area contributed by atoms with E-state index < -0.39 is 0 Å². The number of nitrogens with zero attached hydrogens (tertiary/aromatic N) is 2. The minimum atomic E-state index is 0.0542. The van der Waals surface area contributed by atoms with E-state index in [1.807, 2.05) is 6.20 Å². The molecule has 3 nitrogen and oxygen atoms in total. The van der Waals surface area contributed by atoms with E-state index in [-0.39, 0.29) is 5.54 Å². The molecular formula is C15H17N3. The Bertz CT molecular complexity index is 592. The molecule has 3 heteroatoms. The topological polar surface area (TPSA) is 42.1 Å². The minimum absolute atomic E-state index is 0.0542. The molecule has 2 aromatic rings. The van der Waals surface area contributed by atoms with Crippen LogP contribution in [0.4, 0.5) is 5.82 Å². The van der Waals surface area contributed by atoms with Gasteiger partial charge in [0.05, 0.1) is 5.54 Å². The number of rotatable bonds is 2. The highest BCUT2D eigenvalue weighted by Gasteiger charge is 2.50. The number of anilines is 1. The fraction of sp³-hybridized carbons (Fsp3) is 0.400. The van der Waals surface area contributed by atoms with Crippen molar-refractivity contribution in [3.63, 3.8) is 0 Å². The van der Waals surface area contributed by atoms with Gasteiger partial charge in [-0.2, -0.15) is 0 Å². The Morgan fingerprint density at radius 2 is 1.94 bits per heavy atom. The first kappa shape index (κ1) is 10.3. The second kappa shape index (κ2) is 3.45. The van der Waals surface area contributed by atoms with Gasteiger partial charge in [-0.15, -0.1) is 0 Å². The predicted octanol–water partition coefficient (Wildman–Crippen LogP) is 2.16. The summed E-state index contributed by atoms with van der Waals surface area (Å²) in [5.41, 5.74) is 6.46. The first-order valence-electron chi connectivity index (χ1n) is 6.64.